The Morgan fingerprint density at radius 2 is 1.72 bits per heavy atom. The van der Waals surface area contributed by atoms with E-state index >= 15 is 0 Å². The van der Waals surface area contributed by atoms with Crippen molar-refractivity contribution in [3.05, 3.63) is 102 Å². The number of benzene rings is 2. The molecule has 204 valence electrons. The third kappa shape index (κ3) is 8.22. The lowest BCUT2D eigenvalue weighted by Crippen LogP contribution is -2.45. The third-order valence-electron chi connectivity index (χ3n) is 7.51. The van der Waals surface area contributed by atoms with Crippen molar-refractivity contribution >= 4 is 12.0 Å². The van der Waals surface area contributed by atoms with Gasteiger partial charge in [0, 0.05) is 76.7 Å². The van der Waals surface area contributed by atoms with E-state index in [1.807, 2.05) is 23.4 Å². The molecule has 0 spiro atoms. The predicted octanol–water partition coefficient (Wildman–Crippen LogP) is 4.87. The predicted molar refractivity (Wildman–Crippen MR) is 151 cm³/mol. The van der Waals surface area contributed by atoms with Gasteiger partial charge >= 0.3 is 0 Å². The van der Waals surface area contributed by atoms with Crippen LogP contribution < -0.4 is 4.74 Å². The first kappa shape index (κ1) is 27.0. The minimum absolute atomic E-state index is 0.0359. The van der Waals surface area contributed by atoms with Crippen LogP contribution in [0, 0.1) is 11.7 Å². The average molecular weight is 529 g/mol. The highest BCUT2D eigenvalue weighted by Gasteiger charge is 2.23. The fourth-order valence-electron chi connectivity index (χ4n) is 5.30. The molecule has 1 amide bonds. The summed E-state index contributed by atoms with van der Waals surface area (Å²) in [5.41, 5.74) is 3.25. The average Bonchev–Trinajstić information content (AvgIpc) is 2.97. The first-order valence-electron chi connectivity index (χ1n) is 13.9. The number of halogens is 1. The fraction of sp³-hybridized carbons (Fsp3) is 0.375. The minimum Gasteiger partial charge on any atom is -0.493 e. The maximum atomic E-state index is 13.4. The number of pyridine rings is 1. The molecule has 0 saturated carbocycles. The first-order chi connectivity index (χ1) is 19.1. The quantitative estimate of drug-likeness (QED) is 0.371. The van der Waals surface area contributed by atoms with Gasteiger partial charge in [-0.3, -0.25) is 19.6 Å². The number of nitrogens with zero attached hydrogens (tertiary/aromatic N) is 4. The number of piperidine rings is 1. The number of carbonyl (C=O) groups excluding carboxylic acids is 1. The SMILES string of the molecule is O=C(/C=C/c1cccc(F)c1)N1CCC[C@@H](COc2ccc(CN3CCN(Cc4cccnc4)CC3)cc2)C1. The molecule has 1 atom stereocenters. The van der Waals surface area contributed by atoms with Crippen molar-refractivity contribution in [3.8, 4) is 5.75 Å². The van der Waals surface area contributed by atoms with Crippen LogP contribution in [0.4, 0.5) is 4.39 Å². The summed E-state index contributed by atoms with van der Waals surface area (Å²) in [6.45, 7) is 8.19. The van der Waals surface area contributed by atoms with E-state index < -0.39 is 0 Å². The molecule has 2 fully saturated rings. The number of rotatable bonds is 9. The molecule has 39 heavy (non-hydrogen) atoms. The van der Waals surface area contributed by atoms with Gasteiger partial charge in [0.2, 0.25) is 5.91 Å². The highest BCUT2D eigenvalue weighted by atomic mass is 19.1. The van der Waals surface area contributed by atoms with Gasteiger partial charge in [-0.2, -0.15) is 0 Å². The zero-order valence-electron chi connectivity index (χ0n) is 22.4. The number of piperazine rings is 1. The Morgan fingerprint density at radius 3 is 2.44 bits per heavy atom. The number of ether oxygens (including phenoxy) is 1. The summed E-state index contributed by atoms with van der Waals surface area (Å²) in [6, 6.07) is 18.8. The molecule has 7 heteroatoms. The second kappa shape index (κ2) is 13.5. The zero-order valence-corrected chi connectivity index (χ0v) is 22.4. The number of hydrogen-bond acceptors (Lipinski definition) is 5. The monoisotopic (exact) mass is 528 g/mol. The van der Waals surface area contributed by atoms with Crippen LogP contribution in [0.3, 0.4) is 0 Å². The fourth-order valence-corrected chi connectivity index (χ4v) is 5.30. The van der Waals surface area contributed by atoms with Crippen LogP contribution in [-0.2, 0) is 17.9 Å². The third-order valence-corrected chi connectivity index (χ3v) is 7.51. The van der Waals surface area contributed by atoms with Crippen LogP contribution in [-0.4, -0.2) is 71.5 Å². The van der Waals surface area contributed by atoms with Crippen molar-refractivity contribution < 1.29 is 13.9 Å². The highest BCUT2D eigenvalue weighted by molar-refractivity contribution is 5.91. The summed E-state index contributed by atoms with van der Waals surface area (Å²) >= 11 is 0. The summed E-state index contributed by atoms with van der Waals surface area (Å²) in [6.07, 6.45) is 8.99. The summed E-state index contributed by atoms with van der Waals surface area (Å²) in [5, 5.41) is 0. The lowest BCUT2D eigenvalue weighted by Gasteiger charge is -2.34. The molecule has 1 aromatic heterocycles. The van der Waals surface area contributed by atoms with Crippen molar-refractivity contribution in [2.45, 2.75) is 25.9 Å². The first-order valence-corrected chi connectivity index (χ1v) is 13.9. The van der Waals surface area contributed by atoms with E-state index in [0.717, 1.165) is 64.4 Å². The molecular weight excluding hydrogens is 491 g/mol. The summed E-state index contributed by atoms with van der Waals surface area (Å²) in [7, 11) is 0. The normalized spacial score (nSPS) is 18.9. The molecule has 0 unspecified atom stereocenters. The maximum Gasteiger partial charge on any atom is 0.246 e. The summed E-state index contributed by atoms with van der Waals surface area (Å²) in [5.74, 6) is 0.830. The summed E-state index contributed by atoms with van der Waals surface area (Å²) < 4.78 is 19.5. The van der Waals surface area contributed by atoms with Crippen LogP contribution in [0.1, 0.15) is 29.5 Å². The van der Waals surface area contributed by atoms with Gasteiger partial charge in [-0.1, -0.05) is 30.3 Å². The van der Waals surface area contributed by atoms with E-state index in [4.69, 9.17) is 4.74 Å². The van der Waals surface area contributed by atoms with E-state index in [-0.39, 0.29) is 11.7 Å². The van der Waals surface area contributed by atoms with Gasteiger partial charge in [0.05, 0.1) is 6.61 Å². The Hall–Kier alpha value is -3.55. The van der Waals surface area contributed by atoms with Gasteiger partial charge in [-0.15, -0.1) is 0 Å². The van der Waals surface area contributed by atoms with Gasteiger partial charge in [0.25, 0.3) is 0 Å². The molecule has 0 N–H and O–H groups in total. The molecule has 5 rings (SSSR count). The van der Waals surface area contributed by atoms with Gasteiger partial charge in [-0.05, 0) is 65.9 Å². The van der Waals surface area contributed by atoms with Crippen molar-refractivity contribution in [3.63, 3.8) is 0 Å². The number of likely N-dealkylation sites (tertiary alicyclic amines) is 1. The molecule has 6 nitrogen and oxygen atoms in total. The van der Waals surface area contributed by atoms with Crippen molar-refractivity contribution in [1.29, 1.82) is 0 Å². The van der Waals surface area contributed by atoms with Crippen LogP contribution in [0.5, 0.6) is 5.75 Å². The molecule has 3 heterocycles. The standard InChI is InChI=1S/C32H37FN4O2/c33-30-7-1-4-26(20-30)10-13-32(38)37-15-3-6-29(24-37)25-39-31-11-8-27(9-12-31)22-35-16-18-36(19-17-35)23-28-5-2-14-34-21-28/h1-2,4-5,7-14,20-21,29H,3,6,15-19,22-25H2/b13-10+/t29-/m1/s1. The molecule has 2 aliphatic heterocycles. The second-order valence-electron chi connectivity index (χ2n) is 10.5. The lowest BCUT2D eigenvalue weighted by atomic mass is 9.99. The van der Waals surface area contributed by atoms with Crippen LogP contribution in [0.15, 0.2) is 79.1 Å². The highest BCUT2D eigenvalue weighted by Crippen LogP contribution is 2.21. The molecule has 0 aliphatic carbocycles. The lowest BCUT2D eigenvalue weighted by molar-refractivity contribution is -0.127. The van der Waals surface area contributed by atoms with Crippen LogP contribution in [0.2, 0.25) is 0 Å². The van der Waals surface area contributed by atoms with E-state index in [0.29, 0.717) is 24.6 Å². The molecule has 2 saturated heterocycles. The molecule has 2 aliphatic rings. The summed E-state index contributed by atoms with van der Waals surface area (Å²) in [4.78, 5) is 23.8. The molecule has 2 aromatic carbocycles. The topological polar surface area (TPSA) is 48.9 Å². The number of carbonyl (C=O) groups is 1. The molecular formula is C32H37FN4O2. The molecule has 0 bridgehead atoms. The van der Waals surface area contributed by atoms with Crippen molar-refractivity contribution in [1.82, 2.24) is 19.7 Å². The van der Waals surface area contributed by atoms with Gasteiger partial charge in [-0.25, -0.2) is 4.39 Å². The van der Waals surface area contributed by atoms with E-state index in [1.165, 1.54) is 29.3 Å². The van der Waals surface area contributed by atoms with Gasteiger partial charge in [0.15, 0.2) is 0 Å². The largest absolute Gasteiger partial charge is 0.493 e. The zero-order chi connectivity index (χ0) is 26.9. The van der Waals surface area contributed by atoms with Crippen LogP contribution in [0.25, 0.3) is 6.08 Å². The smallest absolute Gasteiger partial charge is 0.246 e. The number of aromatic nitrogens is 1. The van der Waals surface area contributed by atoms with E-state index in [1.54, 1.807) is 18.2 Å². The van der Waals surface area contributed by atoms with Gasteiger partial charge in [0.1, 0.15) is 11.6 Å². The second-order valence-corrected chi connectivity index (χ2v) is 10.5. The van der Waals surface area contributed by atoms with E-state index in [2.05, 4.69) is 45.1 Å². The maximum absolute atomic E-state index is 13.4. The Balaban J connectivity index is 1.03. The molecule has 0 radical (unpaired) electrons. The Kier molecular flexibility index (Phi) is 9.35. The Morgan fingerprint density at radius 1 is 0.949 bits per heavy atom. The number of amides is 1. The van der Waals surface area contributed by atoms with Crippen molar-refractivity contribution in [2.24, 2.45) is 5.92 Å². The van der Waals surface area contributed by atoms with Gasteiger partial charge < -0.3 is 9.64 Å². The van der Waals surface area contributed by atoms with Crippen molar-refractivity contribution in [2.75, 3.05) is 45.9 Å². The number of hydrogen-bond donors (Lipinski definition) is 0. The Bertz CT molecular complexity index is 1230. The molecule has 3 aromatic rings. The minimum atomic E-state index is -0.302. The van der Waals surface area contributed by atoms with Crippen LogP contribution >= 0.6 is 0 Å². The van der Waals surface area contributed by atoms with E-state index in [9.17, 15) is 9.18 Å². The Labute approximate surface area is 230 Å².